The number of hydrogen-bond acceptors (Lipinski definition) is 3. The molecule has 96 valence electrons. The number of rotatable bonds is 6. The minimum atomic E-state index is -0.841. The van der Waals surface area contributed by atoms with Gasteiger partial charge in [-0.1, -0.05) is 19.1 Å². The van der Waals surface area contributed by atoms with E-state index >= 15 is 0 Å². The Morgan fingerprint density at radius 3 is 2.35 bits per heavy atom. The van der Waals surface area contributed by atoms with E-state index in [0.29, 0.717) is 6.54 Å². The van der Waals surface area contributed by atoms with Crippen molar-refractivity contribution in [2.75, 3.05) is 13.1 Å². The van der Waals surface area contributed by atoms with Crippen molar-refractivity contribution in [3.63, 3.8) is 0 Å². The van der Waals surface area contributed by atoms with Gasteiger partial charge in [-0.2, -0.15) is 0 Å². The van der Waals surface area contributed by atoms with Crippen molar-refractivity contribution >= 4 is 0 Å². The Morgan fingerprint density at radius 1 is 1.29 bits per heavy atom. The van der Waals surface area contributed by atoms with E-state index in [0.717, 1.165) is 17.9 Å². The Balaban J connectivity index is 2.72. The van der Waals surface area contributed by atoms with Gasteiger partial charge in [0.25, 0.3) is 0 Å². The first-order valence-corrected chi connectivity index (χ1v) is 6.16. The summed E-state index contributed by atoms with van der Waals surface area (Å²) in [5.41, 5.74) is 0.0568. The van der Waals surface area contributed by atoms with Crippen LogP contribution in [-0.2, 0) is 5.60 Å². The van der Waals surface area contributed by atoms with Crippen LogP contribution in [0.5, 0.6) is 5.75 Å². The Hall–Kier alpha value is -1.06. The lowest BCUT2D eigenvalue weighted by atomic mass is 9.96. The van der Waals surface area contributed by atoms with Crippen molar-refractivity contribution in [2.24, 2.45) is 0 Å². The molecule has 1 aromatic rings. The highest BCUT2D eigenvalue weighted by atomic mass is 16.5. The van der Waals surface area contributed by atoms with Gasteiger partial charge in [-0.05, 0) is 45.0 Å². The van der Waals surface area contributed by atoms with Gasteiger partial charge >= 0.3 is 0 Å². The van der Waals surface area contributed by atoms with Gasteiger partial charge in [-0.15, -0.1) is 0 Å². The van der Waals surface area contributed by atoms with Crippen LogP contribution in [0, 0.1) is 0 Å². The number of nitrogens with one attached hydrogen (secondary N) is 1. The van der Waals surface area contributed by atoms with Gasteiger partial charge in [0.15, 0.2) is 0 Å². The summed E-state index contributed by atoms with van der Waals surface area (Å²) in [5, 5.41) is 13.4. The van der Waals surface area contributed by atoms with Crippen LogP contribution in [0.25, 0.3) is 0 Å². The summed E-state index contributed by atoms with van der Waals surface area (Å²) in [6, 6.07) is 7.62. The highest BCUT2D eigenvalue weighted by Crippen LogP contribution is 2.23. The smallest absolute Gasteiger partial charge is 0.119 e. The Morgan fingerprint density at radius 2 is 1.88 bits per heavy atom. The van der Waals surface area contributed by atoms with Gasteiger partial charge in [0.2, 0.25) is 0 Å². The summed E-state index contributed by atoms with van der Waals surface area (Å²) in [5.74, 6) is 0.836. The van der Waals surface area contributed by atoms with Crippen molar-refractivity contribution < 1.29 is 9.84 Å². The molecule has 2 N–H and O–H groups in total. The summed E-state index contributed by atoms with van der Waals surface area (Å²) in [7, 11) is 0. The molecule has 0 aliphatic rings. The zero-order valence-electron chi connectivity index (χ0n) is 11.2. The predicted octanol–water partition coefficient (Wildman–Crippen LogP) is 2.29. The molecule has 0 amide bonds. The second-order valence-corrected chi connectivity index (χ2v) is 4.75. The quantitative estimate of drug-likeness (QED) is 0.797. The SMILES string of the molecule is CCNCC(C)(O)c1ccc(OC(C)C)cc1. The highest BCUT2D eigenvalue weighted by molar-refractivity contribution is 5.30. The Kier molecular flexibility index (Phi) is 4.97. The van der Waals surface area contributed by atoms with Crippen molar-refractivity contribution in [3.05, 3.63) is 29.8 Å². The first-order chi connectivity index (χ1) is 7.95. The van der Waals surface area contributed by atoms with Gasteiger partial charge in [-0.25, -0.2) is 0 Å². The van der Waals surface area contributed by atoms with E-state index in [2.05, 4.69) is 5.32 Å². The third kappa shape index (κ3) is 4.36. The second kappa shape index (κ2) is 6.03. The fourth-order valence-electron chi connectivity index (χ4n) is 1.64. The minimum absolute atomic E-state index is 0.170. The average molecular weight is 237 g/mol. The number of likely N-dealkylation sites (N-methyl/N-ethyl adjacent to an activating group) is 1. The normalized spacial score (nSPS) is 14.7. The molecule has 0 saturated carbocycles. The molecule has 1 unspecified atom stereocenters. The lowest BCUT2D eigenvalue weighted by Crippen LogP contribution is -2.35. The van der Waals surface area contributed by atoms with Crippen LogP contribution >= 0.6 is 0 Å². The molecule has 0 aliphatic carbocycles. The monoisotopic (exact) mass is 237 g/mol. The van der Waals surface area contributed by atoms with E-state index in [1.54, 1.807) is 0 Å². The summed E-state index contributed by atoms with van der Waals surface area (Å²) in [4.78, 5) is 0. The second-order valence-electron chi connectivity index (χ2n) is 4.75. The van der Waals surface area contributed by atoms with E-state index < -0.39 is 5.60 Å². The van der Waals surface area contributed by atoms with Crippen LogP contribution in [0.15, 0.2) is 24.3 Å². The molecule has 3 heteroatoms. The standard InChI is InChI=1S/C14H23NO2/c1-5-15-10-14(4,16)12-6-8-13(9-7-12)17-11(2)3/h6-9,11,15-16H,5,10H2,1-4H3. The fraction of sp³-hybridized carbons (Fsp3) is 0.571. The number of hydrogen-bond donors (Lipinski definition) is 2. The van der Waals surface area contributed by atoms with E-state index in [4.69, 9.17) is 4.74 Å². The van der Waals surface area contributed by atoms with E-state index in [1.165, 1.54) is 0 Å². The van der Waals surface area contributed by atoms with Crippen LogP contribution in [0.1, 0.15) is 33.3 Å². The molecule has 1 atom stereocenters. The first kappa shape index (κ1) is 14.0. The van der Waals surface area contributed by atoms with E-state index in [9.17, 15) is 5.11 Å². The zero-order valence-corrected chi connectivity index (χ0v) is 11.2. The maximum Gasteiger partial charge on any atom is 0.119 e. The molecule has 0 saturated heterocycles. The summed E-state index contributed by atoms with van der Waals surface area (Å²) in [6.07, 6.45) is 0.170. The number of ether oxygens (including phenoxy) is 1. The first-order valence-electron chi connectivity index (χ1n) is 6.16. The minimum Gasteiger partial charge on any atom is -0.491 e. The zero-order chi connectivity index (χ0) is 12.9. The molecule has 3 nitrogen and oxygen atoms in total. The van der Waals surface area contributed by atoms with Crippen LogP contribution < -0.4 is 10.1 Å². The third-order valence-electron chi connectivity index (χ3n) is 2.57. The molecule has 0 aliphatic heterocycles. The Labute approximate surface area is 104 Å². The summed E-state index contributed by atoms with van der Waals surface area (Å²) >= 11 is 0. The molecule has 1 rings (SSSR count). The summed E-state index contributed by atoms with van der Waals surface area (Å²) < 4.78 is 5.57. The maximum atomic E-state index is 10.3. The molecule has 0 radical (unpaired) electrons. The molecule has 0 fully saturated rings. The Bertz CT molecular complexity index is 331. The van der Waals surface area contributed by atoms with Crippen molar-refractivity contribution in [3.8, 4) is 5.75 Å². The largest absolute Gasteiger partial charge is 0.491 e. The van der Waals surface area contributed by atoms with Crippen molar-refractivity contribution in [1.29, 1.82) is 0 Å². The molecule has 0 heterocycles. The van der Waals surface area contributed by atoms with Gasteiger partial charge in [0.05, 0.1) is 11.7 Å². The van der Waals surface area contributed by atoms with Gasteiger partial charge in [0.1, 0.15) is 5.75 Å². The van der Waals surface area contributed by atoms with Crippen LogP contribution in [0.3, 0.4) is 0 Å². The molecule has 0 bridgehead atoms. The van der Waals surface area contributed by atoms with Crippen LogP contribution in [-0.4, -0.2) is 24.3 Å². The lowest BCUT2D eigenvalue weighted by molar-refractivity contribution is 0.0575. The van der Waals surface area contributed by atoms with E-state index in [1.807, 2.05) is 52.0 Å². The molecule has 17 heavy (non-hydrogen) atoms. The third-order valence-corrected chi connectivity index (χ3v) is 2.57. The maximum absolute atomic E-state index is 10.3. The van der Waals surface area contributed by atoms with E-state index in [-0.39, 0.29) is 6.10 Å². The highest BCUT2D eigenvalue weighted by Gasteiger charge is 2.22. The summed E-state index contributed by atoms with van der Waals surface area (Å²) in [6.45, 7) is 9.23. The van der Waals surface area contributed by atoms with Crippen LogP contribution in [0.2, 0.25) is 0 Å². The molecule has 0 aromatic heterocycles. The lowest BCUT2D eigenvalue weighted by Gasteiger charge is -2.24. The predicted molar refractivity (Wildman–Crippen MR) is 70.3 cm³/mol. The molecular formula is C14H23NO2. The number of benzene rings is 1. The average Bonchev–Trinajstić information content (AvgIpc) is 2.26. The van der Waals surface area contributed by atoms with Gasteiger partial charge in [0, 0.05) is 6.54 Å². The molecule has 0 spiro atoms. The fourth-order valence-corrected chi connectivity index (χ4v) is 1.64. The van der Waals surface area contributed by atoms with Gasteiger partial charge in [-0.3, -0.25) is 0 Å². The van der Waals surface area contributed by atoms with Gasteiger partial charge < -0.3 is 15.2 Å². The molecule has 1 aromatic carbocycles. The molecular weight excluding hydrogens is 214 g/mol. The topological polar surface area (TPSA) is 41.5 Å². The van der Waals surface area contributed by atoms with Crippen LogP contribution in [0.4, 0.5) is 0 Å². The number of aliphatic hydroxyl groups is 1. The van der Waals surface area contributed by atoms with Crippen molar-refractivity contribution in [1.82, 2.24) is 5.32 Å². The van der Waals surface area contributed by atoms with Crippen molar-refractivity contribution in [2.45, 2.75) is 39.4 Å².